The standard InChI is InChI=1S/C40H20F3N5/c41-40(42,43)27-7-5-6-26(20-27)28-16-17-36(47-34-10-3-1-8-29(34)31-14-12-24(21-44)18-37(31)47)33(23-46)39(28)48-35-11-4-2-9-30(35)32-15-13-25(22-45)19-38(32)48/h1-20H. The average Bonchev–Trinajstić information content (AvgIpc) is 3.62. The van der Waals surface area contributed by atoms with Crippen LogP contribution >= 0.6 is 0 Å². The summed E-state index contributed by atoms with van der Waals surface area (Å²) in [5, 5.41) is 34.2. The summed E-state index contributed by atoms with van der Waals surface area (Å²) in [7, 11) is 0. The largest absolute Gasteiger partial charge is 0.416 e. The van der Waals surface area contributed by atoms with Gasteiger partial charge in [0.2, 0.25) is 0 Å². The Hall–Kier alpha value is -6.82. The summed E-state index contributed by atoms with van der Waals surface area (Å²) in [6, 6.07) is 41.4. The number of fused-ring (bicyclic) bond motifs is 6. The lowest BCUT2D eigenvalue weighted by Gasteiger charge is -2.20. The number of alkyl halides is 3. The molecule has 6 aromatic carbocycles. The summed E-state index contributed by atoms with van der Waals surface area (Å²) < 4.78 is 45.8. The first kappa shape index (κ1) is 28.6. The molecule has 2 heterocycles. The Morgan fingerprint density at radius 1 is 0.500 bits per heavy atom. The summed E-state index contributed by atoms with van der Waals surface area (Å²) in [6.07, 6.45) is -4.58. The molecule has 8 heteroatoms. The van der Waals surface area contributed by atoms with E-state index in [1.807, 2.05) is 69.8 Å². The highest BCUT2D eigenvalue weighted by Gasteiger charge is 2.31. The summed E-state index contributed by atoms with van der Waals surface area (Å²) in [6.45, 7) is 0. The highest BCUT2D eigenvalue weighted by Crippen LogP contribution is 2.43. The summed E-state index contributed by atoms with van der Waals surface area (Å²) in [5.41, 5.74) is 4.64. The fourth-order valence-corrected chi connectivity index (χ4v) is 6.79. The molecule has 0 amide bonds. The van der Waals surface area contributed by atoms with Crippen LogP contribution in [-0.2, 0) is 6.18 Å². The van der Waals surface area contributed by atoms with Crippen LogP contribution in [-0.4, -0.2) is 9.13 Å². The van der Waals surface area contributed by atoms with E-state index >= 15 is 0 Å². The van der Waals surface area contributed by atoms with Crippen molar-refractivity contribution in [2.24, 2.45) is 0 Å². The third-order valence-corrected chi connectivity index (χ3v) is 8.84. The second-order valence-electron chi connectivity index (χ2n) is 11.4. The van der Waals surface area contributed by atoms with Gasteiger partial charge in [0.05, 0.1) is 62.3 Å². The first-order valence-electron chi connectivity index (χ1n) is 14.9. The first-order valence-corrected chi connectivity index (χ1v) is 14.9. The third kappa shape index (κ3) is 4.23. The Bertz CT molecular complexity index is 2760. The molecule has 0 radical (unpaired) electrons. The predicted octanol–water partition coefficient (Wildman–Crippen LogP) is 10.2. The number of rotatable bonds is 3. The lowest BCUT2D eigenvalue weighted by atomic mass is 9.96. The van der Waals surface area contributed by atoms with Crippen molar-refractivity contribution < 1.29 is 13.2 Å². The van der Waals surface area contributed by atoms with E-state index in [1.165, 1.54) is 6.07 Å². The van der Waals surface area contributed by atoms with E-state index in [0.717, 1.165) is 44.7 Å². The van der Waals surface area contributed by atoms with Crippen molar-refractivity contribution >= 4 is 43.6 Å². The second-order valence-corrected chi connectivity index (χ2v) is 11.4. The fourth-order valence-electron chi connectivity index (χ4n) is 6.79. The number of aromatic nitrogens is 2. The molecule has 48 heavy (non-hydrogen) atoms. The van der Waals surface area contributed by atoms with Gasteiger partial charge in [-0.05, 0) is 60.2 Å². The smallest absolute Gasteiger partial charge is 0.308 e. The van der Waals surface area contributed by atoms with Gasteiger partial charge in [0.1, 0.15) is 11.6 Å². The van der Waals surface area contributed by atoms with E-state index < -0.39 is 11.7 Å². The first-order chi connectivity index (χ1) is 23.3. The van der Waals surface area contributed by atoms with Gasteiger partial charge in [-0.1, -0.05) is 66.7 Å². The van der Waals surface area contributed by atoms with Crippen LogP contribution in [0.2, 0.25) is 0 Å². The van der Waals surface area contributed by atoms with Crippen molar-refractivity contribution in [1.82, 2.24) is 9.13 Å². The molecule has 0 atom stereocenters. The highest BCUT2D eigenvalue weighted by atomic mass is 19.4. The average molecular weight is 628 g/mol. The number of benzene rings is 6. The number of nitriles is 3. The topological polar surface area (TPSA) is 81.2 Å². The van der Waals surface area contributed by atoms with Crippen molar-refractivity contribution in [2.45, 2.75) is 6.18 Å². The van der Waals surface area contributed by atoms with Gasteiger partial charge in [-0.25, -0.2) is 0 Å². The van der Waals surface area contributed by atoms with Gasteiger partial charge < -0.3 is 9.13 Å². The van der Waals surface area contributed by atoms with Crippen molar-refractivity contribution in [3.05, 3.63) is 144 Å². The minimum atomic E-state index is -4.58. The molecule has 226 valence electrons. The molecule has 0 bridgehead atoms. The minimum absolute atomic E-state index is 0.208. The van der Waals surface area contributed by atoms with Gasteiger partial charge in [-0.3, -0.25) is 0 Å². The molecule has 8 aromatic rings. The number of halogens is 3. The maximum Gasteiger partial charge on any atom is 0.416 e. The van der Waals surface area contributed by atoms with Gasteiger partial charge in [-0.2, -0.15) is 29.0 Å². The molecule has 0 unspecified atom stereocenters. The Kier molecular flexibility index (Phi) is 6.34. The Morgan fingerprint density at radius 3 is 1.65 bits per heavy atom. The molecular formula is C40H20F3N5. The van der Waals surface area contributed by atoms with E-state index in [1.54, 1.807) is 42.5 Å². The Labute approximate surface area is 271 Å². The van der Waals surface area contributed by atoms with Crippen LogP contribution in [0.3, 0.4) is 0 Å². The second kappa shape index (κ2) is 10.6. The maximum absolute atomic E-state index is 14.0. The van der Waals surface area contributed by atoms with Gasteiger partial charge >= 0.3 is 6.18 Å². The quantitative estimate of drug-likeness (QED) is 0.195. The lowest BCUT2D eigenvalue weighted by Crippen LogP contribution is -2.08. The van der Waals surface area contributed by atoms with Crippen LogP contribution in [0.25, 0.3) is 66.1 Å². The zero-order chi connectivity index (χ0) is 33.2. The molecule has 2 aromatic heterocycles. The van der Waals surface area contributed by atoms with Crippen molar-refractivity contribution in [3.8, 4) is 40.7 Å². The van der Waals surface area contributed by atoms with Crippen LogP contribution in [0.1, 0.15) is 22.3 Å². The number of hydrogen-bond donors (Lipinski definition) is 0. The van der Waals surface area contributed by atoms with Crippen LogP contribution in [0.4, 0.5) is 13.2 Å². The van der Waals surface area contributed by atoms with Gasteiger partial charge in [0.15, 0.2) is 0 Å². The molecule has 0 fully saturated rings. The molecule has 0 aliphatic heterocycles. The van der Waals surface area contributed by atoms with Gasteiger partial charge in [0.25, 0.3) is 0 Å². The summed E-state index contributed by atoms with van der Waals surface area (Å²) in [5.74, 6) is 0. The van der Waals surface area contributed by atoms with Gasteiger partial charge in [0, 0.05) is 27.1 Å². The van der Waals surface area contributed by atoms with E-state index in [9.17, 15) is 29.0 Å². The normalized spacial score (nSPS) is 11.6. The summed E-state index contributed by atoms with van der Waals surface area (Å²) in [4.78, 5) is 0. The van der Waals surface area contributed by atoms with Crippen molar-refractivity contribution in [1.29, 1.82) is 15.8 Å². The number of hydrogen-bond acceptors (Lipinski definition) is 3. The lowest BCUT2D eigenvalue weighted by molar-refractivity contribution is -0.137. The minimum Gasteiger partial charge on any atom is -0.308 e. The monoisotopic (exact) mass is 627 g/mol. The van der Waals surface area contributed by atoms with E-state index in [4.69, 9.17) is 0 Å². The molecule has 0 spiro atoms. The molecule has 0 N–H and O–H groups in total. The van der Waals surface area contributed by atoms with Crippen molar-refractivity contribution in [2.75, 3.05) is 0 Å². The van der Waals surface area contributed by atoms with Crippen LogP contribution < -0.4 is 0 Å². The zero-order valence-electron chi connectivity index (χ0n) is 24.9. The Balaban J connectivity index is 1.58. The van der Waals surface area contributed by atoms with Crippen LogP contribution in [0.15, 0.2) is 121 Å². The van der Waals surface area contributed by atoms with Crippen LogP contribution in [0, 0.1) is 34.0 Å². The molecule has 5 nitrogen and oxygen atoms in total. The summed E-state index contributed by atoms with van der Waals surface area (Å²) >= 11 is 0. The predicted molar refractivity (Wildman–Crippen MR) is 180 cm³/mol. The SMILES string of the molecule is N#Cc1ccc2c3ccccc3n(-c3ccc(-c4cccc(C(F)(F)F)c4)c(-n4c5ccccc5c5ccc(C#N)cc54)c3C#N)c2c1. The molecule has 0 saturated heterocycles. The maximum atomic E-state index is 14.0. The van der Waals surface area contributed by atoms with Crippen LogP contribution in [0.5, 0.6) is 0 Å². The molecule has 0 aliphatic rings. The highest BCUT2D eigenvalue weighted by molar-refractivity contribution is 6.12. The van der Waals surface area contributed by atoms with E-state index in [2.05, 4.69) is 18.2 Å². The number of para-hydroxylation sites is 2. The van der Waals surface area contributed by atoms with Gasteiger partial charge in [-0.15, -0.1) is 0 Å². The van der Waals surface area contributed by atoms with E-state index in [0.29, 0.717) is 39.1 Å². The molecular weight excluding hydrogens is 607 g/mol. The number of nitrogens with zero attached hydrogens (tertiary/aromatic N) is 5. The van der Waals surface area contributed by atoms with E-state index in [-0.39, 0.29) is 11.1 Å². The molecule has 8 rings (SSSR count). The zero-order valence-corrected chi connectivity index (χ0v) is 24.9. The molecule has 0 aliphatic carbocycles. The molecule has 0 saturated carbocycles. The Morgan fingerprint density at radius 2 is 1.06 bits per heavy atom. The fraction of sp³-hybridized carbons (Fsp3) is 0.0250. The third-order valence-electron chi connectivity index (χ3n) is 8.84. The van der Waals surface area contributed by atoms with Crippen molar-refractivity contribution in [3.63, 3.8) is 0 Å².